The van der Waals surface area contributed by atoms with Gasteiger partial charge in [0.05, 0.1) is 33.1 Å². The summed E-state index contributed by atoms with van der Waals surface area (Å²) in [5.74, 6) is 0. The van der Waals surface area contributed by atoms with Gasteiger partial charge in [-0.1, -0.05) is 328 Å². The van der Waals surface area contributed by atoms with Crippen LogP contribution in [0.2, 0.25) is 0 Å². The molecule has 0 atom stereocenters. The lowest BCUT2D eigenvalue weighted by atomic mass is 9.81. The molecule has 0 saturated heterocycles. The lowest BCUT2D eigenvalue weighted by Gasteiger charge is -2.22. The third kappa shape index (κ3) is 10.6. The summed E-state index contributed by atoms with van der Waals surface area (Å²) >= 11 is 0. The third-order valence-corrected chi connectivity index (χ3v) is 32.4. The molecule has 0 saturated carbocycles. The topological polar surface area (TPSA) is 80.5 Å². The molecule has 0 radical (unpaired) electrons. The van der Waals surface area contributed by atoms with E-state index in [4.69, 9.17) is 22.1 Å². The van der Waals surface area contributed by atoms with E-state index in [-0.39, 0.29) is 21.7 Å². The maximum atomic E-state index is 6.70. The Morgan fingerprint density at radius 1 is 0.179 bits per heavy atom. The molecule has 0 aliphatic heterocycles. The first-order valence-electron chi connectivity index (χ1n) is 48.8. The highest BCUT2D eigenvalue weighted by Gasteiger charge is 2.45. The molecule has 20 aromatic carbocycles. The molecule has 0 spiro atoms. The van der Waals surface area contributed by atoms with Gasteiger partial charge in [0.2, 0.25) is 0 Å². The number of benzene rings is 20. The van der Waals surface area contributed by atoms with Crippen molar-refractivity contribution in [3.8, 4) is 83.8 Å². The molecular formula is C132H89N3O5. The molecule has 0 N–H and O–H groups in total. The van der Waals surface area contributed by atoms with Crippen LogP contribution in [-0.4, -0.2) is 13.7 Å². The maximum Gasteiger partial charge on any atom is 0.143 e. The van der Waals surface area contributed by atoms with Crippen LogP contribution in [0.15, 0.2) is 416 Å². The summed E-state index contributed by atoms with van der Waals surface area (Å²) in [6.07, 6.45) is 0. The van der Waals surface area contributed by atoms with E-state index in [2.05, 4.69) is 439 Å². The van der Waals surface area contributed by atoms with Crippen molar-refractivity contribution in [2.45, 2.75) is 77.0 Å². The fraction of sp³-hybridized carbons (Fsp3) is 0.0909. The molecule has 8 heteroatoms. The van der Waals surface area contributed by atoms with Crippen LogP contribution >= 0.6 is 0 Å². The van der Waals surface area contributed by atoms with E-state index in [1.165, 1.54) is 204 Å². The summed E-state index contributed by atoms with van der Waals surface area (Å²) in [5.41, 5.74) is 45.3. The SMILES string of the molecule is CC1(C)c2ccc3c(c2-c2ccc4c(oc5ccccc54)c21)c1ccccc1n3-c1cccc(-c2ccc3oc4ccccc4c3c2)c1.CC1(C)c2ccc3c4ccccc4n(-c4ccc(-c5cccc6c5oc5ccccc56)cc4)c3c2-c2ccc3c(oc4ccccc43)c21.CC1(C)c2ccccc2-c2ccc(-n3c4ccccc4c4c5c(ccc43)C(C)(C)c3ccc4c(oc6ccccc64)c3-5)cc21. The van der Waals surface area contributed by atoms with Crippen LogP contribution in [-0.2, 0) is 21.7 Å². The quantitative estimate of drug-likeness (QED) is 0.172. The molecule has 0 bridgehead atoms. The number of aromatic nitrogens is 3. The zero-order chi connectivity index (χ0) is 93.0. The van der Waals surface area contributed by atoms with Gasteiger partial charge in [0.1, 0.15) is 55.8 Å². The van der Waals surface area contributed by atoms with Gasteiger partial charge in [-0.2, -0.15) is 0 Å². The van der Waals surface area contributed by atoms with Crippen molar-refractivity contribution in [3.63, 3.8) is 0 Å². The monoisotopic (exact) mass is 1800 g/mol. The lowest BCUT2D eigenvalue weighted by molar-refractivity contribution is 0.619. The molecule has 140 heavy (non-hydrogen) atoms. The molecule has 32 rings (SSSR count). The zero-order valence-electron chi connectivity index (χ0n) is 78.4. The van der Waals surface area contributed by atoms with Crippen LogP contribution in [0.1, 0.15) is 99.9 Å². The average molecular weight is 1800 g/mol. The normalized spacial score (nSPS) is 14.4. The first-order valence-corrected chi connectivity index (χ1v) is 48.8. The van der Waals surface area contributed by atoms with Gasteiger partial charge >= 0.3 is 0 Å². The van der Waals surface area contributed by atoms with Crippen molar-refractivity contribution in [2.75, 3.05) is 0 Å². The van der Waals surface area contributed by atoms with Crippen molar-refractivity contribution < 1.29 is 22.1 Å². The Balaban J connectivity index is 0.0000000988. The summed E-state index contributed by atoms with van der Waals surface area (Å²) in [5, 5.41) is 19.3. The predicted molar refractivity (Wildman–Crippen MR) is 580 cm³/mol. The van der Waals surface area contributed by atoms with Gasteiger partial charge < -0.3 is 35.8 Å². The van der Waals surface area contributed by atoms with Crippen LogP contribution in [0.25, 0.3) is 259 Å². The van der Waals surface area contributed by atoms with Crippen LogP contribution in [0, 0.1) is 0 Å². The van der Waals surface area contributed by atoms with E-state index in [9.17, 15) is 0 Å². The molecule has 4 aliphatic carbocycles. The van der Waals surface area contributed by atoms with E-state index in [1.54, 1.807) is 0 Å². The highest BCUT2D eigenvalue weighted by atomic mass is 16.3. The summed E-state index contributed by atoms with van der Waals surface area (Å²) in [4.78, 5) is 0. The number of para-hydroxylation sites is 9. The summed E-state index contributed by atoms with van der Waals surface area (Å²) in [6, 6.07) is 143. The number of fused-ring (bicyclic) bond motifs is 42. The number of nitrogens with zero attached hydrogens (tertiary/aromatic N) is 3. The standard InChI is InChI=1S/2C45H29NO2.C42H31NO/c1-45(2)35-21-22-37-42(41(35)33-20-19-31-29-12-4-8-17-39(29)48-44(31)43(33)45)32-14-3-6-15-36(32)46(37)28-11-9-10-26(24-28)27-18-23-40-34(25-27)30-13-5-7-16-38(30)47-40;1-45(2)36-25-24-32-29-10-3-6-15-37(29)46(42(32)40(36)35-23-22-34-31-12-5-8-17-39(31)48-44(34)41(35)45)27-20-18-26(19-21-27)28-13-9-14-33-30-11-4-7-16-38(30)47-43(28)33;1-41(2)30-14-8-5-11-25(30)26-18-17-24(23-33(26)41)43-34-15-9-6-13-29(34)37-35(43)22-21-31-38(37)39-32(42(31,3)4)20-19-28-27-12-7-10-16-36(27)44-40(28)39/h2*3-25H,1-2H3;5-23H,1-4H3. The smallest absolute Gasteiger partial charge is 0.143 e. The van der Waals surface area contributed by atoms with E-state index in [1.807, 2.05) is 24.3 Å². The summed E-state index contributed by atoms with van der Waals surface area (Å²) < 4.78 is 39.9. The second-order valence-electron chi connectivity index (χ2n) is 41.1. The van der Waals surface area contributed by atoms with Crippen molar-refractivity contribution >= 4 is 175 Å². The van der Waals surface area contributed by atoms with Crippen LogP contribution in [0.5, 0.6) is 0 Å². The van der Waals surface area contributed by atoms with Crippen molar-refractivity contribution in [1.29, 1.82) is 0 Å². The Labute approximate surface area is 805 Å². The van der Waals surface area contributed by atoms with Crippen LogP contribution in [0.4, 0.5) is 0 Å². The van der Waals surface area contributed by atoms with Gasteiger partial charge in [0.25, 0.3) is 0 Å². The minimum absolute atomic E-state index is 0.0577. The first-order chi connectivity index (χ1) is 68.5. The highest BCUT2D eigenvalue weighted by molar-refractivity contribution is 6.25. The first kappa shape index (κ1) is 79.1. The Morgan fingerprint density at radius 2 is 0.564 bits per heavy atom. The van der Waals surface area contributed by atoms with E-state index < -0.39 is 0 Å². The fourth-order valence-electron chi connectivity index (χ4n) is 25.9. The molecule has 4 aliphatic rings. The number of hydrogen-bond acceptors (Lipinski definition) is 5. The molecule has 8 nitrogen and oxygen atoms in total. The predicted octanol–water partition coefficient (Wildman–Crippen LogP) is 36.4. The highest BCUT2D eigenvalue weighted by Crippen LogP contribution is 2.62. The largest absolute Gasteiger partial charge is 0.456 e. The van der Waals surface area contributed by atoms with E-state index in [0.29, 0.717) is 0 Å². The van der Waals surface area contributed by atoms with Gasteiger partial charge in [-0.25, -0.2) is 0 Å². The van der Waals surface area contributed by atoms with Gasteiger partial charge in [-0.15, -0.1) is 0 Å². The van der Waals surface area contributed by atoms with Crippen molar-refractivity contribution in [1.82, 2.24) is 13.7 Å². The second kappa shape index (κ2) is 28.3. The fourth-order valence-corrected chi connectivity index (χ4v) is 25.9. The zero-order valence-corrected chi connectivity index (χ0v) is 78.4. The average Bonchev–Trinajstić information content (AvgIpc) is 1.53. The van der Waals surface area contributed by atoms with Crippen molar-refractivity contribution in [2.24, 2.45) is 0 Å². The van der Waals surface area contributed by atoms with E-state index in [0.717, 1.165) is 99.9 Å². The van der Waals surface area contributed by atoms with E-state index >= 15 is 0 Å². The van der Waals surface area contributed by atoms with Gasteiger partial charge in [-0.05, 0) is 205 Å². The van der Waals surface area contributed by atoms with Crippen LogP contribution in [0.3, 0.4) is 0 Å². The molecule has 8 aromatic heterocycles. The third-order valence-electron chi connectivity index (χ3n) is 32.4. The Morgan fingerprint density at radius 3 is 1.18 bits per heavy atom. The number of furan rings is 5. The second-order valence-corrected chi connectivity index (χ2v) is 41.1. The molecular weight excluding hydrogens is 1710 g/mol. The molecule has 0 unspecified atom stereocenters. The Kier molecular flexibility index (Phi) is 16.0. The Hall–Kier alpha value is -17.2. The minimum atomic E-state index is -0.233. The van der Waals surface area contributed by atoms with Gasteiger partial charge in [-0.3, -0.25) is 0 Å². The number of hydrogen-bond donors (Lipinski definition) is 0. The summed E-state index contributed by atoms with van der Waals surface area (Å²) in [7, 11) is 0. The molecule has 0 fully saturated rings. The van der Waals surface area contributed by atoms with Gasteiger partial charge in [0.15, 0.2) is 0 Å². The molecule has 28 aromatic rings. The van der Waals surface area contributed by atoms with Crippen molar-refractivity contribution in [3.05, 3.63) is 439 Å². The van der Waals surface area contributed by atoms with Crippen LogP contribution < -0.4 is 0 Å². The minimum Gasteiger partial charge on any atom is -0.456 e. The van der Waals surface area contributed by atoms with Gasteiger partial charge in [0, 0.05) is 153 Å². The maximum absolute atomic E-state index is 6.70. The number of rotatable bonds is 5. The summed E-state index contributed by atoms with van der Waals surface area (Å²) in [6.45, 7) is 18.8. The molecule has 662 valence electrons. The lowest BCUT2D eigenvalue weighted by Crippen LogP contribution is -2.15. The molecule has 0 amide bonds. The molecule has 8 heterocycles. The Bertz CT molecular complexity index is 10400.